The van der Waals surface area contributed by atoms with Crippen LogP contribution in [0.15, 0.2) is 29.2 Å². The number of benzene rings is 1. The Morgan fingerprint density at radius 3 is 2.71 bits per heavy atom. The normalized spacial score (nSPS) is 13.7. The van der Waals surface area contributed by atoms with Gasteiger partial charge in [-0.15, -0.1) is 11.8 Å². The number of halogens is 3. The Morgan fingerprint density at radius 1 is 1.38 bits per heavy atom. The Morgan fingerprint density at radius 2 is 2.10 bits per heavy atom. The van der Waals surface area contributed by atoms with Crippen molar-refractivity contribution >= 4 is 11.8 Å². The predicted molar refractivity (Wildman–Crippen MR) is 77.5 cm³/mol. The molecule has 21 heavy (non-hydrogen) atoms. The molecular formula is C14H20F3NO2S. The summed E-state index contributed by atoms with van der Waals surface area (Å²) in [5.74, 6) is 0.650. The van der Waals surface area contributed by atoms with Gasteiger partial charge in [-0.2, -0.15) is 13.2 Å². The molecular weight excluding hydrogens is 303 g/mol. The van der Waals surface area contributed by atoms with Gasteiger partial charge in [0.15, 0.2) is 0 Å². The highest BCUT2D eigenvalue weighted by molar-refractivity contribution is 7.99. The topological polar surface area (TPSA) is 32.7 Å². The van der Waals surface area contributed by atoms with Crippen molar-refractivity contribution in [1.29, 1.82) is 0 Å². The third-order valence-corrected chi connectivity index (χ3v) is 3.76. The number of likely N-dealkylation sites (N-methyl/N-ethyl adjacent to an activating group) is 1. The zero-order valence-corrected chi connectivity index (χ0v) is 12.9. The zero-order valence-electron chi connectivity index (χ0n) is 12.1. The van der Waals surface area contributed by atoms with Gasteiger partial charge in [0.25, 0.3) is 0 Å². The van der Waals surface area contributed by atoms with Crippen LogP contribution < -0.4 is 0 Å². The van der Waals surface area contributed by atoms with Crippen molar-refractivity contribution < 1.29 is 23.0 Å². The highest BCUT2D eigenvalue weighted by Gasteiger charge is 2.30. The molecule has 0 aliphatic rings. The number of nitrogens with zero attached hydrogens (tertiary/aromatic N) is 1. The number of ether oxygens (including phenoxy) is 1. The van der Waals surface area contributed by atoms with E-state index in [1.165, 1.54) is 24.9 Å². The lowest BCUT2D eigenvalue weighted by molar-refractivity contribution is -0.137. The van der Waals surface area contributed by atoms with E-state index in [-0.39, 0.29) is 6.61 Å². The summed E-state index contributed by atoms with van der Waals surface area (Å²) in [6, 6.07) is 5.30. The zero-order chi connectivity index (χ0) is 15.9. The molecule has 0 bridgehead atoms. The third-order valence-electron chi connectivity index (χ3n) is 2.78. The summed E-state index contributed by atoms with van der Waals surface area (Å²) in [5, 5.41) is 9.56. The minimum Gasteiger partial charge on any atom is -0.389 e. The molecule has 0 aliphatic heterocycles. The number of aliphatic hydroxyl groups is 1. The molecule has 1 atom stereocenters. The van der Waals surface area contributed by atoms with E-state index in [9.17, 15) is 18.3 Å². The van der Waals surface area contributed by atoms with E-state index in [2.05, 4.69) is 0 Å². The Hall–Kier alpha value is -0.760. The van der Waals surface area contributed by atoms with Gasteiger partial charge in [-0.3, -0.25) is 0 Å². The summed E-state index contributed by atoms with van der Waals surface area (Å²) in [6.07, 6.45) is -4.86. The largest absolute Gasteiger partial charge is 0.416 e. The first kappa shape index (κ1) is 18.3. The van der Waals surface area contributed by atoms with E-state index in [0.29, 0.717) is 23.7 Å². The molecule has 0 aromatic heterocycles. The summed E-state index contributed by atoms with van der Waals surface area (Å²) in [4.78, 5) is 2.51. The van der Waals surface area contributed by atoms with Gasteiger partial charge < -0.3 is 14.7 Å². The van der Waals surface area contributed by atoms with Gasteiger partial charge in [-0.05, 0) is 25.2 Å². The third kappa shape index (κ3) is 7.17. The molecule has 120 valence electrons. The van der Waals surface area contributed by atoms with Gasteiger partial charge in [0.05, 0.1) is 18.3 Å². The van der Waals surface area contributed by atoms with Crippen LogP contribution in [0.5, 0.6) is 0 Å². The Labute approximate surface area is 127 Å². The fraction of sp³-hybridized carbons (Fsp3) is 0.571. The molecule has 1 N–H and O–H groups in total. The van der Waals surface area contributed by atoms with Crippen LogP contribution in [-0.2, 0) is 10.9 Å². The molecule has 1 rings (SSSR count). The second-order valence-corrected chi connectivity index (χ2v) is 5.91. The fourth-order valence-corrected chi connectivity index (χ4v) is 2.80. The van der Waals surface area contributed by atoms with Crippen LogP contribution in [0.1, 0.15) is 5.56 Å². The highest BCUT2D eigenvalue weighted by atomic mass is 32.2. The molecule has 3 nitrogen and oxygen atoms in total. The molecule has 0 spiro atoms. The maximum Gasteiger partial charge on any atom is 0.416 e. The second kappa shape index (κ2) is 8.63. The van der Waals surface area contributed by atoms with E-state index in [0.717, 1.165) is 12.1 Å². The quantitative estimate of drug-likeness (QED) is 0.746. The Kier molecular flexibility index (Phi) is 7.51. The minimum atomic E-state index is -4.31. The number of thioether (sulfide) groups is 1. The van der Waals surface area contributed by atoms with E-state index >= 15 is 0 Å². The van der Waals surface area contributed by atoms with Gasteiger partial charge in [-0.1, -0.05) is 6.07 Å². The van der Waals surface area contributed by atoms with E-state index < -0.39 is 17.8 Å². The maximum atomic E-state index is 12.6. The number of methoxy groups -OCH3 is 1. The average molecular weight is 323 g/mol. The fourth-order valence-electron chi connectivity index (χ4n) is 1.78. The van der Waals surface area contributed by atoms with Gasteiger partial charge in [0, 0.05) is 30.8 Å². The molecule has 0 saturated carbocycles. The van der Waals surface area contributed by atoms with Crippen LogP contribution in [0.3, 0.4) is 0 Å². The monoisotopic (exact) mass is 323 g/mol. The van der Waals surface area contributed by atoms with Crippen molar-refractivity contribution in [3.05, 3.63) is 29.8 Å². The van der Waals surface area contributed by atoms with Crippen molar-refractivity contribution in [1.82, 2.24) is 4.90 Å². The van der Waals surface area contributed by atoms with Gasteiger partial charge >= 0.3 is 6.18 Å². The second-order valence-electron chi connectivity index (χ2n) is 4.75. The average Bonchev–Trinajstić information content (AvgIpc) is 2.38. The smallest absolute Gasteiger partial charge is 0.389 e. The summed E-state index contributed by atoms with van der Waals surface area (Å²) >= 11 is 1.36. The molecule has 0 heterocycles. The summed E-state index contributed by atoms with van der Waals surface area (Å²) in [6.45, 7) is 1.41. The van der Waals surface area contributed by atoms with Crippen LogP contribution in [0, 0.1) is 0 Å². The van der Waals surface area contributed by atoms with E-state index in [1.54, 1.807) is 6.07 Å². The molecule has 0 amide bonds. The van der Waals surface area contributed by atoms with Gasteiger partial charge in [-0.25, -0.2) is 0 Å². The van der Waals surface area contributed by atoms with Crippen LogP contribution in [0.4, 0.5) is 13.2 Å². The van der Waals surface area contributed by atoms with Crippen molar-refractivity contribution in [3.8, 4) is 0 Å². The first-order valence-corrected chi connectivity index (χ1v) is 7.47. The SMILES string of the molecule is COCC(O)CN(C)CCSc1cccc(C(F)(F)F)c1. The predicted octanol–water partition coefficient (Wildman–Crippen LogP) is 2.74. The van der Waals surface area contributed by atoms with Crippen molar-refractivity contribution in [2.24, 2.45) is 0 Å². The number of rotatable bonds is 8. The van der Waals surface area contributed by atoms with Crippen molar-refractivity contribution in [3.63, 3.8) is 0 Å². The number of hydrogen-bond acceptors (Lipinski definition) is 4. The molecule has 7 heteroatoms. The molecule has 0 radical (unpaired) electrons. The van der Waals surface area contributed by atoms with Gasteiger partial charge in [0.1, 0.15) is 0 Å². The molecule has 0 saturated heterocycles. The standard InChI is InChI=1S/C14H20F3NO2S/c1-18(9-12(19)10-20-2)6-7-21-13-5-3-4-11(8-13)14(15,16)17/h3-5,8,12,19H,6-7,9-10H2,1-2H3. The summed E-state index contributed by atoms with van der Waals surface area (Å²) in [7, 11) is 3.37. The Bertz CT molecular complexity index is 429. The lowest BCUT2D eigenvalue weighted by Crippen LogP contribution is -2.33. The van der Waals surface area contributed by atoms with Gasteiger partial charge in [0.2, 0.25) is 0 Å². The highest BCUT2D eigenvalue weighted by Crippen LogP contribution is 2.31. The molecule has 1 aromatic rings. The Balaban J connectivity index is 2.39. The van der Waals surface area contributed by atoms with Crippen LogP contribution in [-0.4, -0.2) is 55.7 Å². The lowest BCUT2D eigenvalue weighted by atomic mass is 10.2. The van der Waals surface area contributed by atoms with E-state index in [4.69, 9.17) is 4.74 Å². The van der Waals surface area contributed by atoms with Crippen LogP contribution >= 0.6 is 11.8 Å². The van der Waals surface area contributed by atoms with Crippen molar-refractivity contribution in [2.45, 2.75) is 17.2 Å². The maximum absolute atomic E-state index is 12.6. The summed E-state index contributed by atoms with van der Waals surface area (Å²) in [5.41, 5.74) is -0.628. The first-order valence-electron chi connectivity index (χ1n) is 6.48. The molecule has 1 unspecified atom stereocenters. The van der Waals surface area contributed by atoms with Crippen LogP contribution in [0.2, 0.25) is 0 Å². The minimum absolute atomic E-state index is 0.269. The molecule has 1 aromatic carbocycles. The van der Waals surface area contributed by atoms with Crippen molar-refractivity contribution in [2.75, 3.05) is 39.6 Å². The summed E-state index contributed by atoms with van der Waals surface area (Å²) < 4.78 is 42.6. The molecule has 0 fully saturated rings. The number of aliphatic hydroxyl groups excluding tert-OH is 1. The van der Waals surface area contributed by atoms with E-state index in [1.807, 2.05) is 11.9 Å². The van der Waals surface area contributed by atoms with Crippen LogP contribution in [0.25, 0.3) is 0 Å². The number of alkyl halides is 3. The molecule has 0 aliphatic carbocycles. The number of hydrogen-bond donors (Lipinski definition) is 1. The first-order chi connectivity index (χ1) is 9.82. The lowest BCUT2D eigenvalue weighted by Gasteiger charge is -2.19.